The zero-order chi connectivity index (χ0) is 14.2. The number of rotatable bonds is 3. The summed E-state index contributed by atoms with van der Waals surface area (Å²) in [6.07, 6.45) is -2.78. The number of pyridine rings is 1. The van der Waals surface area contributed by atoms with Crippen LogP contribution in [-0.2, 0) is 7.05 Å². The second kappa shape index (κ2) is 5.00. The molecule has 0 aliphatic heterocycles. The van der Waals surface area contributed by atoms with Gasteiger partial charge in [-0.15, -0.1) is 5.10 Å². The molecule has 2 aromatic rings. The number of halogens is 3. The van der Waals surface area contributed by atoms with Gasteiger partial charge in [0.1, 0.15) is 11.4 Å². The van der Waals surface area contributed by atoms with Gasteiger partial charge in [0, 0.05) is 11.5 Å². The van der Waals surface area contributed by atoms with Gasteiger partial charge in [0.15, 0.2) is 5.69 Å². The number of hydrogen-bond acceptors (Lipinski definition) is 4. The van der Waals surface area contributed by atoms with Crippen LogP contribution in [0, 0.1) is 0 Å². The van der Waals surface area contributed by atoms with E-state index in [1.165, 1.54) is 19.2 Å². The predicted molar refractivity (Wildman–Crippen MR) is 63.9 cm³/mol. The Balaban J connectivity index is 2.60. The third kappa shape index (κ3) is 2.46. The van der Waals surface area contributed by atoms with Crippen LogP contribution < -0.4 is 0 Å². The second-order valence-electron chi connectivity index (χ2n) is 3.58. The predicted octanol–water partition coefficient (Wildman–Crippen LogP) is 2.28. The lowest BCUT2D eigenvalue weighted by atomic mass is 10.2. The van der Waals surface area contributed by atoms with Crippen molar-refractivity contribution in [2.24, 2.45) is 7.05 Å². The number of nitrogens with zero attached hydrogens (tertiary/aromatic N) is 4. The van der Waals surface area contributed by atoms with Gasteiger partial charge in [-0.1, -0.05) is 5.21 Å². The lowest BCUT2D eigenvalue weighted by molar-refractivity contribution is 0.0686. The maximum Gasteiger partial charge on any atom is 0.356 e. The third-order valence-corrected chi connectivity index (χ3v) is 3.02. The molecule has 19 heavy (non-hydrogen) atoms. The second-order valence-corrected chi connectivity index (χ2v) is 4.43. The molecule has 9 heteroatoms. The van der Waals surface area contributed by atoms with E-state index in [-0.39, 0.29) is 21.6 Å². The van der Waals surface area contributed by atoms with Crippen LogP contribution in [0.2, 0.25) is 0 Å². The summed E-state index contributed by atoms with van der Waals surface area (Å²) < 4.78 is 26.7. The summed E-state index contributed by atoms with van der Waals surface area (Å²) in [5, 5.41) is 16.2. The van der Waals surface area contributed by atoms with Gasteiger partial charge in [0.25, 0.3) is 6.43 Å². The molecule has 100 valence electrons. The molecule has 0 unspecified atom stereocenters. The van der Waals surface area contributed by atoms with Gasteiger partial charge >= 0.3 is 5.97 Å². The minimum Gasteiger partial charge on any atom is -0.476 e. The molecule has 0 spiro atoms. The third-order valence-electron chi connectivity index (χ3n) is 2.35. The first-order valence-corrected chi connectivity index (χ1v) is 5.79. The molecule has 0 aromatic carbocycles. The van der Waals surface area contributed by atoms with Crippen LogP contribution in [0.1, 0.15) is 22.6 Å². The standard InChI is InChI=1S/C10H7BrF2N4O2/c1-17-8(10(18)19)7(15-16-17)5-3-2-4(11)6(14-5)9(12)13/h2-3,9H,1H3,(H,18,19). The van der Waals surface area contributed by atoms with Gasteiger partial charge < -0.3 is 5.11 Å². The Morgan fingerprint density at radius 3 is 2.74 bits per heavy atom. The van der Waals surface area contributed by atoms with Crippen molar-refractivity contribution in [3.05, 3.63) is 28.0 Å². The number of hydrogen-bond donors (Lipinski definition) is 1. The van der Waals surface area contributed by atoms with E-state index in [2.05, 4.69) is 31.2 Å². The molecular formula is C10H7BrF2N4O2. The number of aromatic carboxylic acids is 1. The molecule has 0 radical (unpaired) electrons. The number of carboxylic acid groups (broad SMARTS) is 1. The Labute approximate surface area is 114 Å². The zero-order valence-electron chi connectivity index (χ0n) is 9.51. The maximum atomic E-state index is 12.7. The number of alkyl halides is 2. The van der Waals surface area contributed by atoms with Gasteiger partial charge in [-0.2, -0.15) is 0 Å². The van der Waals surface area contributed by atoms with Crippen LogP contribution in [0.5, 0.6) is 0 Å². The number of aromatic nitrogens is 4. The lowest BCUT2D eigenvalue weighted by Crippen LogP contribution is -2.07. The first-order chi connectivity index (χ1) is 8.91. The average molecular weight is 333 g/mol. The minimum absolute atomic E-state index is 0.0315. The van der Waals surface area contributed by atoms with Crippen molar-refractivity contribution in [3.63, 3.8) is 0 Å². The van der Waals surface area contributed by atoms with Crippen LogP contribution >= 0.6 is 15.9 Å². The molecule has 0 fully saturated rings. The van der Waals surface area contributed by atoms with E-state index in [9.17, 15) is 13.6 Å². The van der Waals surface area contributed by atoms with Crippen LogP contribution in [0.4, 0.5) is 8.78 Å². The molecule has 0 saturated carbocycles. The highest BCUT2D eigenvalue weighted by molar-refractivity contribution is 9.10. The quantitative estimate of drug-likeness (QED) is 0.932. The van der Waals surface area contributed by atoms with E-state index in [1.807, 2.05) is 0 Å². The van der Waals surface area contributed by atoms with E-state index in [1.54, 1.807) is 0 Å². The molecule has 0 saturated heterocycles. The fraction of sp³-hybridized carbons (Fsp3) is 0.200. The highest BCUT2D eigenvalue weighted by Crippen LogP contribution is 2.29. The monoisotopic (exact) mass is 332 g/mol. The molecule has 2 heterocycles. The summed E-state index contributed by atoms with van der Waals surface area (Å²) in [5.41, 5.74) is -0.706. The largest absolute Gasteiger partial charge is 0.476 e. The van der Waals surface area contributed by atoms with Crippen LogP contribution in [-0.4, -0.2) is 31.1 Å². The summed E-state index contributed by atoms with van der Waals surface area (Å²) in [6, 6.07) is 2.76. The van der Waals surface area contributed by atoms with Crippen molar-refractivity contribution >= 4 is 21.9 Å². The topological polar surface area (TPSA) is 80.9 Å². The van der Waals surface area contributed by atoms with Crippen molar-refractivity contribution in [1.29, 1.82) is 0 Å². The van der Waals surface area contributed by atoms with Gasteiger partial charge in [0.2, 0.25) is 0 Å². The Hall–Kier alpha value is -1.90. The molecule has 0 aliphatic rings. The molecule has 1 N–H and O–H groups in total. The van der Waals surface area contributed by atoms with Crippen LogP contribution in [0.3, 0.4) is 0 Å². The normalized spacial score (nSPS) is 11.0. The molecule has 0 amide bonds. The van der Waals surface area contributed by atoms with Crippen LogP contribution in [0.15, 0.2) is 16.6 Å². The van der Waals surface area contributed by atoms with Crippen molar-refractivity contribution in [1.82, 2.24) is 20.0 Å². The molecule has 0 bridgehead atoms. The van der Waals surface area contributed by atoms with Gasteiger partial charge in [-0.05, 0) is 28.1 Å². The first-order valence-electron chi connectivity index (χ1n) is 4.99. The number of aryl methyl sites for hydroxylation is 1. The first kappa shape index (κ1) is 13.5. The van der Waals surface area contributed by atoms with E-state index < -0.39 is 18.1 Å². The van der Waals surface area contributed by atoms with E-state index in [0.29, 0.717) is 0 Å². The van der Waals surface area contributed by atoms with Gasteiger partial charge in [0.05, 0.1) is 5.69 Å². The van der Waals surface area contributed by atoms with E-state index in [0.717, 1.165) is 4.68 Å². The molecule has 2 aromatic heterocycles. The van der Waals surface area contributed by atoms with Gasteiger partial charge in [-0.3, -0.25) is 0 Å². The summed E-state index contributed by atoms with van der Waals surface area (Å²) in [7, 11) is 1.40. The Bertz CT molecular complexity index is 644. The molecule has 2 rings (SSSR count). The fourth-order valence-electron chi connectivity index (χ4n) is 1.51. The van der Waals surface area contributed by atoms with E-state index in [4.69, 9.17) is 5.11 Å². The van der Waals surface area contributed by atoms with Gasteiger partial charge in [-0.25, -0.2) is 23.2 Å². The lowest BCUT2D eigenvalue weighted by Gasteiger charge is -2.05. The van der Waals surface area contributed by atoms with E-state index >= 15 is 0 Å². The van der Waals surface area contributed by atoms with Crippen molar-refractivity contribution in [2.45, 2.75) is 6.43 Å². The smallest absolute Gasteiger partial charge is 0.356 e. The number of carbonyl (C=O) groups is 1. The summed E-state index contributed by atoms with van der Waals surface area (Å²) in [6.45, 7) is 0. The molecular weight excluding hydrogens is 326 g/mol. The highest BCUT2D eigenvalue weighted by atomic mass is 79.9. The van der Waals surface area contributed by atoms with Crippen molar-refractivity contribution in [3.8, 4) is 11.4 Å². The summed E-state index contributed by atoms with van der Waals surface area (Å²) >= 11 is 2.96. The maximum absolute atomic E-state index is 12.7. The Kier molecular flexibility index (Phi) is 3.56. The fourth-order valence-corrected chi connectivity index (χ4v) is 1.91. The zero-order valence-corrected chi connectivity index (χ0v) is 11.1. The average Bonchev–Trinajstić information content (AvgIpc) is 2.71. The Morgan fingerprint density at radius 2 is 2.16 bits per heavy atom. The molecule has 0 atom stereocenters. The number of carboxylic acids is 1. The van der Waals surface area contributed by atoms with Crippen LogP contribution in [0.25, 0.3) is 11.4 Å². The minimum atomic E-state index is -2.78. The Morgan fingerprint density at radius 1 is 1.47 bits per heavy atom. The molecule has 0 aliphatic carbocycles. The highest BCUT2D eigenvalue weighted by Gasteiger charge is 2.22. The van der Waals surface area contributed by atoms with Crippen molar-refractivity contribution < 1.29 is 18.7 Å². The summed E-state index contributed by atoms with van der Waals surface area (Å²) in [5.74, 6) is -1.26. The SMILES string of the molecule is Cn1nnc(-c2ccc(Br)c(C(F)F)n2)c1C(=O)O. The molecule has 6 nitrogen and oxygen atoms in total. The summed E-state index contributed by atoms with van der Waals surface area (Å²) in [4.78, 5) is 14.8. The van der Waals surface area contributed by atoms with Crippen molar-refractivity contribution in [2.75, 3.05) is 0 Å².